The average molecular weight is 277 g/mol. The standard InChI is InChI=1S/C9H12INO/c1-9(11,6-12)7-4-2-3-5-8(7)10/h2-5,12H,6,11H2,1H3/t9-/m0/s1. The van der Waals surface area contributed by atoms with Crippen LogP contribution in [0.1, 0.15) is 12.5 Å². The van der Waals surface area contributed by atoms with Crippen LogP contribution in [0.3, 0.4) is 0 Å². The van der Waals surface area contributed by atoms with Crippen molar-refractivity contribution in [2.75, 3.05) is 6.61 Å². The molecule has 2 nitrogen and oxygen atoms in total. The maximum absolute atomic E-state index is 9.04. The molecule has 12 heavy (non-hydrogen) atoms. The minimum Gasteiger partial charge on any atom is -0.394 e. The summed E-state index contributed by atoms with van der Waals surface area (Å²) in [5.74, 6) is 0. The number of rotatable bonds is 2. The lowest BCUT2D eigenvalue weighted by Gasteiger charge is -2.23. The molecule has 1 atom stereocenters. The second kappa shape index (κ2) is 3.72. The van der Waals surface area contributed by atoms with Gasteiger partial charge in [-0.05, 0) is 41.1 Å². The topological polar surface area (TPSA) is 46.2 Å². The molecule has 1 aromatic carbocycles. The van der Waals surface area contributed by atoms with Crippen LogP contribution in [0.4, 0.5) is 0 Å². The van der Waals surface area contributed by atoms with Gasteiger partial charge in [0.05, 0.1) is 12.1 Å². The SMILES string of the molecule is C[C@](N)(CO)c1ccccc1I. The molecule has 0 fully saturated rings. The van der Waals surface area contributed by atoms with Gasteiger partial charge in [-0.3, -0.25) is 0 Å². The van der Waals surface area contributed by atoms with E-state index in [0.29, 0.717) is 0 Å². The Hall–Kier alpha value is -0.130. The van der Waals surface area contributed by atoms with Gasteiger partial charge in [0.1, 0.15) is 0 Å². The highest BCUT2D eigenvalue weighted by Gasteiger charge is 2.21. The second-order valence-corrected chi connectivity index (χ2v) is 4.22. The smallest absolute Gasteiger partial charge is 0.0650 e. The highest BCUT2D eigenvalue weighted by Crippen LogP contribution is 2.22. The van der Waals surface area contributed by atoms with Gasteiger partial charge in [0, 0.05) is 3.57 Å². The third-order valence-electron chi connectivity index (χ3n) is 1.82. The van der Waals surface area contributed by atoms with Crippen LogP contribution in [0.2, 0.25) is 0 Å². The van der Waals surface area contributed by atoms with Crippen molar-refractivity contribution in [2.45, 2.75) is 12.5 Å². The first-order chi connectivity index (χ1) is 5.58. The van der Waals surface area contributed by atoms with Crippen LogP contribution >= 0.6 is 22.6 Å². The quantitative estimate of drug-likeness (QED) is 0.804. The predicted octanol–water partition coefficient (Wildman–Crippen LogP) is 1.46. The Morgan fingerprint density at radius 3 is 2.58 bits per heavy atom. The van der Waals surface area contributed by atoms with Crippen LogP contribution in [-0.4, -0.2) is 11.7 Å². The molecule has 0 heterocycles. The van der Waals surface area contributed by atoms with Crippen LogP contribution < -0.4 is 5.73 Å². The molecule has 0 saturated carbocycles. The van der Waals surface area contributed by atoms with Crippen molar-refractivity contribution in [1.82, 2.24) is 0 Å². The van der Waals surface area contributed by atoms with E-state index in [1.54, 1.807) is 0 Å². The zero-order chi connectivity index (χ0) is 9.19. The zero-order valence-electron chi connectivity index (χ0n) is 6.92. The van der Waals surface area contributed by atoms with Gasteiger partial charge in [0.15, 0.2) is 0 Å². The van der Waals surface area contributed by atoms with E-state index in [2.05, 4.69) is 22.6 Å². The van der Waals surface area contributed by atoms with Gasteiger partial charge in [0.2, 0.25) is 0 Å². The van der Waals surface area contributed by atoms with Crippen LogP contribution in [0.15, 0.2) is 24.3 Å². The van der Waals surface area contributed by atoms with Gasteiger partial charge >= 0.3 is 0 Å². The third kappa shape index (κ3) is 1.97. The Morgan fingerprint density at radius 2 is 2.08 bits per heavy atom. The molecule has 0 radical (unpaired) electrons. The Morgan fingerprint density at radius 1 is 1.50 bits per heavy atom. The maximum Gasteiger partial charge on any atom is 0.0650 e. The van der Waals surface area contributed by atoms with E-state index in [9.17, 15) is 0 Å². The van der Waals surface area contributed by atoms with Crippen molar-refractivity contribution >= 4 is 22.6 Å². The predicted molar refractivity (Wildman–Crippen MR) is 57.8 cm³/mol. The molecule has 1 rings (SSSR count). The summed E-state index contributed by atoms with van der Waals surface area (Å²) in [4.78, 5) is 0. The first kappa shape index (κ1) is 9.95. The lowest BCUT2D eigenvalue weighted by Crippen LogP contribution is -2.37. The largest absolute Gasteiger partial charge is 0.394 e. The molecule has 0 aromatic heterocycles. The fraction of sp³-hybridized carbons (Fsp3) is 0.333. The van der Waals surface area contributed by atoms with Gasteiger partial charge in [-0.2, -0.15) is 0 Å². The molecule has 1 aromatic rings. The number of halogens is 1. The Kier molecular flexibility index (Phi) is 3.09. The number of nitrogens with two attached hydrogens (primary N) is 1. The monoisotopic (exact) mass is 277 g/mol. The molecular formula is C9H12INO. The van der Waals surface area contributed by atoms with Crippen LogP contribution in [0.5, 0.6) is 0 Å². The fourth-order valence-electron chi connectivity index (χ4n) is 1.01. The number of hydrogen-bond donors (Lipinski definition) is 2. The van der Waals surface area contributed by atoms with Gasteiger partial charge in [0.25, 0.3) is 0 Å². The molecule has 0 saturated heterocycles. The van der Waals surface area contributed by atoms with Gasteiger partial charge < -0.3 is 10.8 Å². The van der Waals surface area contributed by atoms with Gasteiger partial charge in [-0.25, -0.2) is 0 Å². The molecule has 0 spiro atoms. The van der Waals surface area contributed by atoms with E-state index in [-0.39, 0.29) is 6.61 Å². The summed E-state index contributed by atoms with van der Waals surface area (Å²) in [5, 5.41) is 9.04. The first-order valence-electron chi connectivity index (χ1n) is 3.72. The third-order valence-corrected chi connectivity index (χ3v) is 2.76. The summed E-state index contributed by atoms with van der Waals surface area (Å²) >= 11 is 2.22. The molecule has 0 aliphatic rings. The van der Waals surface area contributed by atoms with Crippen molar-refractivity contribution < 1.29 is 5.11 Å². The lowest BCUT2D eigenvalue weighted by atomic mass is 9.94. The van der Waals surface area contributed by atoms with Gasteiger partial charge in [-0.1, -0.05) is 18.2 Å². The van der Waals surface area contributed by atoms with E-state index in [1.807, 2.05) is 31.2 Å². The molecular weight excluding hydrogens is 265 g/mol. The summed E-state index contributed by atoms with van der Waals surface area (Å²) in [6.45, 7) is 1.79. The molecule has 3 N–H and O–H groups in total. The maximum atomic E-state index is 9.04. The minimum absolute atomic E-state index is 0.0347. The Bertz CT molecular complexity index is 273. The van der Waals surface area contributed by atoms with E-state index >= 15 is 0 Å². The highest BCUT2D eigenvalue weighted by molar-refractivity contribution is 14.1. The highest BCUT2D eigenvalue weighted by atomic mass is 127. The van der Waals surface area contributed by atoms with Crippen LogP contribution in [-0.2, 0) is 5.54 Å². The number of aliphatic hydroxyl groups excluding tert-OH is 1. The summed E-state index contributed by atoms with van der Waals surface area (Å²) in [5.41, 5.74) is 6.25. The van der Waals surface area contributed by atoms with Crippen molar-refractivity contribution in [2.24, 2.45) is 5.73 Å². The normalized spacial score (nSPS) is 15.7. The summed E-state index contributed by atoms with van der Waals surface area (Å²) < 4.78 is 1.09. The molecule has 0 bridgehead atoms. The molecule has 66 valence electrons. The fourth-order valence-corrected chi connectivity index (χ4v) is 2.01. The second-order valence-electron chi connectivity index (χ2n) is 3.06. The summed E-state index contributed by atoms with van der Waals surface area (Å²) in [7, 11) is 0. The Labute approximate surface area is 85.9 Å². The van der Waals surface area contributed by atoms with Crippen molar-refractivity contribution in [3.05, 3.63) is 33.4 Å². The number of benzene rings is 1. The first-order valence-corrected chi connectivity index (χ1v) is 4.80. The van der Waals surface area contributed by atoms with Crippen LogP contribution in [0, 0.1) is 3.57 Å². The van der Waals surface area contributed by atoms with E-state index in [1.165, 1.54) is 0 Å². The van der Waals surface area contributed by atoms with E-state index in [0.717, 1.165) is 9.13 Å². The lowest BCUT2D eigenvalue weighted by molar-refractivity contribution is 0.209. The van der Waals surface area contributed by atoms with Crippen molar-refractivity contribution in [1.29, 1.82) is 0 Å². The molecule has 0 amide bonds. The van der Waals surface area contributed by atoms with E-state index < -0.39 is 5.54 Å². The molecule has 0 aliphatic carbocycles. The zero-order valence-corrected chi connectivity index (χ0v) is 9.08. The van der Waals surface area contributed by atoms with Crippen molar-refractivity contribution in [3.8, 4) is 0 Å². The molecule has 0 unspecified atom stereocenters. The minimum atomic E-state index is -0.627. The molecule has 0 aliphatic heterocycles. The van der Waals surface area contributed by atoms with Gasteiger partial charge in [-0.15, -0.1) is 0 Å². The number of aliphatic hydroxyl groups is 1. The Balaban J connectivity index is 3.10. The number of hydrogen-bond acceptors (Lipinski definition) is 2. The van der Waals surface area contributed by atoms with Crippen molar-refractivity contribution in [3.63, 3.8) is 0 Å². The summed E-state index contributed by atoms with van der Waals surface area (Å²) in [6.07, 6.45) is 0. The molecule has 3 heteroatoms. The average Bonchev–Trinajstić information content (AvgIpc) is 2.05. The van der Waals surface area contributed by atoms with Crippen LogP contribution in [0.25, 0.3) is 0 Å². The summed E-state index contributed by atoms with van der Waals surface area (Å²) in [6, 6.07) is 7.81. The van der Waals surface area contributed by atoms with E-state index in [4.69, 9.17) is 10.8 Å².